The minimum absolute atomic E-state index is 0.0594. The molecule has 11 heavy (non-hydrogen) atoms. The van der Waals surface area contributed by atoms with Crippen LogP contribution in [0.3, 0.4) is 0 Å². The van der Waals surface area contributed by atoms with Crippen molar-refractivity contribution in [2.24, 2.45) is 0 Å². The highest BCUT2D eigenvalue weighted by molar-refractivity contribution is 6.70. The van der Waals surface area contributed by atoms with Gasteiger partial charge in [-0.15, -0.1) is 0 Å². The molecule has 0 amide bonds. The Hall–Kier alpha value is -0.773. The van der Waals surface area contributed by atoms with Gasteiger partial charge in [0.05, 0.1) is 0 Å². The molecule has 1 N–H and O–H groups in total. The second-order valence-electron chi connectivity index (χ2n) is 3.17. The van der Waals surface area contributed by atoms with E-state index >= 15 is 0 Å². The first-order valence-electron chi connectivity index (χ1n) is 3.45. The van der Waals surface area contributed by atoms with Crippen LogP contribution in [0, 0.1) is 0 Å². The smallest absolute Gasteiger partial charge is 0.369 e. The van der Waals surface area contributed by atoms with E-state index in [-0.39, 0.29) is 5.76 Å². The summed E-state index contributed by atoms with van der Waals surface area (Å²) in [6.45, 7) is 7.49. The predicted octanol–water partition coefficient (Wildman–Crippen LogP) is 1.83. The van der Waals surface area contributed by atoms with E-state index in [0.29, 0.717) is 0 Å². The van der Waals surface area contributed by atoms with Crippen molar-refractivity contribution in [1.29, 1.82) is 0 Å². The van der Waals surface area contributed by atoms with Gasteiger partial charge >= 0.3 is 5.97 Å². The van der Waals surface area contributed by atoms with Crippen LogP contribution < -0.4 is 0 Å². The van der Waals surface area contributed by atoms with Gasteiger partial charge in [0.15, 0.2) is 5.76 Å². The average Bonchev–Trinajstić information content (AvgIpc) is 1.80. The zero-order valence-electron chi connectivity index (χ0n) is 7.34. The number of allylic oxidation sites excluding steroid dienone is 1. The molecule has 0 bridgehead atoms. The molecule has 0 radical (unpaired) electrons. The molecule has 0 spiro atoms. The lowest BCUT2D eigenvalue weighted by Gasteiger charge is -2.18. The number of carbonyl (C=O) groups is 1. The fourth-order valence-electron chi connectivity index (χ4n) is 0.556. The van der Waals surface area contributed by atoms with Crippen molar-refractivity contribution in [1.82, 2.24) is 0 Å². The van der Waals surface area contributed by atoms with E-state index in [1.54, 1.807) is 6.92 Å². The minimum atomic E-state index is -1.75. The largest absolute Gasteiger partial charge is 0.540 e. The Morgan fingerprint density at radius 2 is 1.91 bits per heavy atom. The summed E-state index contributed by atoms with van der Waals surface area (Å²) < 4.78 is 5.25. The standard InChI is InChI=1S/C7H14O3Si/c1-5-6(7(8)9)10-11(2,3)4/h5H,1-4H3,(H,8,9)/b6-5-. The Balaban J connectivity index is 4.24. The summed E-state index contributed by atoms with van der Waals surface area (Å²) in [5.74, 6) is -0.931. The van der Waals surface area contributed by atoms with Crippen molar-refractivity contribution in [3.63, 3.8) is 0 Å². The molecule has 0 rings (SSSR count). The van der Waals surface area contributed by atoms with Crippen LogP contribution in [-0.4, -0.2) is 19.4 Å². The molecule has 0 aliphatic heterocycles. The predicted molar refractivity (Wildman–Crippen MR) is 45.8 cm³/mol. The molecular formula is C7H14O3Si. The minimum Gasteiger partial charge on any atom is -0.540 e. The first-order valence-corrected chi connectivity index (χ1v) is 6.86. The summed E-state index contributed by atoms with van der Waals surface area (Å²) in [5.41, 5.74) is 0. The normalized spacial score (nSPS) is 12.9. The van der Waals surface area contributed by atoms with Gasteiger partial charge in [-0.2, -0.15) is 0 Å². The van der Waals surface area contributed by atoms with Crippen molar-refractivity contribution >= 4 is 14.3 Å². The van der Waals surface area contributed by atoms with Crippen LogP contribution in [0.4, 0.5) is 0 Å². The summed E-state index contributed by atoms with van der Waals surface area (Å²) >= 11 is 0. The molecule has 0 saturated heterocycles. The number of rotatable bonds is 3. The third-order valence-electron chi connectivity index (χ3n) is 0.889. The Bertz CT molecular complexity index is 179. The molecular weight excluding hydrogens is 160 g/mol. The van der Waals surface area contributed by atoms with E-state index in [2.05, 4.69) is 0 Å². The molecule has 0 aromatic carbocycles. The SMILES string of the molecule is C/C=C(\O[Si](C)(C)C)C(=O)O. The van der Waals surface area contributed by atoms with E-state index in [1.807, 2.05) is 19.6 Å². The zero-order chi connectivity index (χ0) is 9.07. The van der Waals surface area contributed by atoms with E-state index < -0.39 is 14.3 Å². The molecule has 0 fully saturated rings. The van der Waals surface area contributed by atoms with Crippen LogP contribution in [0.5, 0.6) is 0 Å². The summed E-state index contributed by atoms with van der Waals surface area (Å²) in [4.78, 5) is 10.4. The number of hydrogen-bond donors (Lipinski definition) is 1. The van der Waals surface area contributed by atoms with E-state index in [4.69, 9.17) is 9.53 Å². The molecule has 0 aromatic rings. The number of carboxylic acid groups (broad SMARTS) is 1. The topological polar surface area (TPSA) is 46.5 Å². The van der Waals surface area contributed by atoms with Gasteiger partial charge in [0.1, 0.15) is 0 Å². The van der Waals surface area contributed by atoms with Gasteiger partial charge in [0, 0.05) is 0 Å². The highest BCUT2D eigenvalue weighted by atomic mass is 28.4. The van der Waals surface area contributed by atoms with Crippen LogP contribution in [0.1, 0.15) is 6.92 Å². The summed E-state index contributed by atoms with van der Waals surface area (Å²) in [6, 6.07) is 0. The quantitative estimate of drug-likeness (QED) is 0.403. The molecule has 3 nitrogen and oxygen atoms in total. The summed E-state index contributed by atoms with van der Waals surface area (Å²) in [5, 5.41) is 8.57. The maximum atomic E-state index is 10.4. The lowest BCUT2D eigenvalue weighted by Crippen LogP contribution is -2.27. The summed E-state index contributed by atoms with van der Waals surface area (Å²) in [7, 11) is -1.75. The molecule has 4 heteroatoms. The van der Waals surface area contributed by atoms with Crippen LogP contribution >= 0.6 is 0 Å². The second kappa shape index (κ2) is 3.57. The number of hydrogen-bond acceptors (Lipinski definition) is 2. The fourth-order valence-corrected chi connectivity index (χ4v) is 1.42. The van der Waals surface area contributed by atoms with Gasteiger partial charge in [-0.3, -0.25) is 0 Å². The lowest BCUT2D eigenvalue weighted by molar-refractivity contribution is -0.135. The van der Waals surface area contributed by atoms with Crippen molar-refractivity contribution < 1.29 is 14.3 Å². The number of carboxylic acids is 1. The van der Waals surface area contributed by atoms with Gasteiger partial charge in [0.2, 0.25) is 8.32 Å². The molecule has 0 aromatic heterocycles. The highest BCUT2D eigenvalue weighted by Gasteiger charge is 2.20. The zero-order valence-corrected chi connectivity index (χ0v) is 8.34. The van der Waals surface area contributed by atoms with Crippen LogP contribution in [-0.2, 0) is 9.22 Å². The van der Waals surface area contributed by atoms with Crippen LogP contribution in [0.25, 0.3) is 0 Å². The van der Waals surface area contributed by atoms with Gasteiger partial charge in [-0.25, -0.2) is 4.79 Å². The first-order chi connectivity index (χ1) is 4.87. The van der Waals surface area contributed by atoms with Gasteiger partial charge in [0.25, 0.3) is 0 Å². The molecule has 64 valence electrons. The lowest BCUT2D eigenvalue weighted by atomic mass is 10.5. The Morgan fingerprint density at radius 1 is 1.45 bits per heavy atom. The second-order valence-corrected chi connectivity index (χ2v) is 7.60. The van der Waals surface area contributed by atoms with Crippen molar-refractivity contribution in [3.8, 4) is 0 Å². The van der Waals surface area contributed by atoms with Crippen LogP contribution in [0.2, 0.25) is 19.6 Å². The van der Waals surface area contributed by atoms with E-state index in [9.17, 15) is 4.79 Å². The molecule has 0 aliphatic rings. The van der Waals surface area contributed by atoms with Crippen molar-refractivity contribution in [2.45, 2.75) is 26.6 Å². The average molecular weight is 174 g/mol. The van der Waals surface area contributed by atoms with Gasteiger partial charge < -0.3 is 9.53 Å². The fraction of sp³-hybridized carbons (Fsp3) is 0.571. The van der Waals surface area contributed by atoms with E-state index in [1.165, 1.54) is 6.08 Å². The van der Waals surface area contributed by atoms with E-state index in [0.717, 1.165) is 0 Å². The van der Waals surface area contributed by atoms with Gasteiger partial charge in [-0.05, 0) is 32.6 Å². The molecule has 0 saturated carbocycles. The Morgan fingerprint density at radius 3 is 2.00 bits per heavy atom. The van der Waals surface area contributed by atoms with Crippen molar-refractivity contribution in [3.05, 3.63) is 11.8 Å². The summed E-state index contributed by atoms with van der Waals surface area (Å²) in [6.07, 6.45) is 1.47. The van der Waals surface area contributed by atoms with Crippen LogP contribution in [0.15, 0.2) is 11.8 Å². The molecule has 0 aliphatic carbocycles. The number of aliphatic carboxylic acids is 1. The third-order valence-corrected chi connectivity index (χ3v) is 1.72. The molecule has 0 unspecified atom stereocenters. The molecule has 0 heterocycles. The Labute approximate surface area is 67.8 Å². The first kappa shape index (κ1) is 10.2. The van der Waals surface area contributed by atoms with Crippen molar-refractivity contribution in [2.75, 3.05) is 0 Å². The maximum absolute atomic E-state index is 10.4. The molecule has 0 atom stereocenters. The highest BCUT2D eigenvalue weighted by Crippen LogP contribution is 2.09. The Kier molecular flexibility index (Phi) is 3.32. The third kappa shape index (κ3) is 4.61. The monoisotopic (exact) mass is 174 g/mol. The maximum Gasteiger partial charge on any atom is 0.369 e. The van der Waals surface area contributed by atoms with Gasteiger partial charge in [-0.1, -0.05) is 0 Å².